The number of hydrogen-bond donors (Lipinski definition) is 1. The van der Waals surface area contributed by atoms with Crippen LogP contribution in [-0.4, -0.2) is 41.2 Å². The van der Waals surface area contributed by atoms with Crippen LogP contribution in [0.1, 0.15) is 51.2 Å². The third kappa shape index (κ3) is 6.02. The van der Waals surface area contributed by atoms with Gasteiger partial charge in [0.25, 0.3) is 0 Å². The highest BCUT2D eigenvalue weighted by Crippen LogP contribution is 2.16. The lowest BCUT2D eigenvalue weighted by Gasteiger charge is -2.22. The van der Waals surface area contributed by atoms with Crippen molar-refractivity contribution in [2.24, 2.45) is 0 Å². The predicted molar refractivity (Wildman–Crippen MR) is 88.6 cm³/mol. The second-order valence-electron chi connectivity index (χ2n) is 6.80. The lowest BCUT2D eigenvalue weighted by atomic mass is 10.1. The van der Waals surface area contributed by atoms with Gasteiger partial charge in [-0.1, -0.05) is 6.92 Å². The first kappa shape index (κ1) is 16.9. The van der Waals surface area contributed by atoms with E-state index in [2.05, 4.69) is 43.3 Å². The van der Waals surface area contributed by atoms with Crippen LogP contribution in [0.5, 0.6) is 0 Å². The van der Waals surface area contributed by atoms with Gasteiger partial charge in [0.15, 0.2) is 0 Å². The molecule has 2 heterocycles. The summed E-state index contributed by atoms with van der Waals surface area (Å²) in [6.45, 7) is 13.6. The molecule has 4 nitrogen and oxygen atoms in total. The zero-order valence-corrected chi connectivity index (χ0v) is 14.6. The summed E-state index contributed by atoms with van der Waals surface area (Å²) in [5.41, 5.74) is 1.33. The van der Waals surface area contributed by atoms with Crippen LogP contribution in [0.15, 0.2) is 5.38 Å². The van der Waals surface area contributed by atoms with E-state index in [4.69, 9.17) is 9.72 Å². The summed E-state index contributed by atoms with van der Waals surface area (Å²) < 4.78 is 5.73. The first-order valence-corrected chi connectivity index (χ1v) is 8.86. The van der Waals surface area contributed by atoms with Crippen molar-refractivity contribution in [1.29, 1.82) is 0 Å². The summed E-state index contributed by atoms with van der Waals surface area (Å²) in [6.07, 6.45) is 2.83. The Bertz CT molecular complexity index is 421. The number of hydrogen-bond acceptors (Lipinski definition) is 5. The molecule has 0 radical (unpaired) electrons. The van der Waals surface area contributed by atoms with Crippen LogP contribution in [0.25, 0.3) is 0 Å². The molecule has 1 aromatic rings. The van der Waals surface area contributed by atoms with Gasteiger partial charge in [-0.2, -0.15) is 0 Å². The minimum Gasteiger partial charge on any atom is -0.377 e. The van der Waals surface area contributed by atoms with Crippen molar-refractivity contribution < 1.29 is 4.74 Å². The van der Waals surface area contributed by atoms with Gasteiger partial charge in [0.1, 0.15) is 5.01 Å². The van der Waals surface area contributed by atoms with Crippen LogP contribution >= 0.6 is 11.3 Å². The normalized spacial score (nSPS) is 19.6. The molecule has 1 unspecified atom stereocenters. The molecule has 1 saturated heterocycles. The highest BCUT2D eigenvalue weighted by Gasteiger charge is 2.19. The molecule has 5 heteroatoms. The number of ether oxygens (including phenoxy) is 1. The zero-order chi connectivity index (χ0) is 15.3. The molecule has 1 aromatic heterocycles. The molecule has 120 valence electrons. The van der Waals surface area contributed by atoms with Crippen LogP contribution < -0.4 is 5.32 Å². The van der Waals surface area contributed by atoms with Crippen LogP contribution in [0.3, 0.4) is 0 Å². The average molecular weight is 311 g/mol. The first-order valence-electron chi connectivity index (χ1n) is 7.98. The number of likely N-dealkylation sites (N-methyl/N-ethyl adjacent to an activating group) is 1. The molecule has 2 rings (SSSR count). The number of nitrogens with zero attached hydrogens (tertiary/aromatic N) is 2. The third-order valence-corrected chi connectivity index (χ3v) is 4.59. The van der Waals surface area contributed by atoms with Gasteiger partial charge in [-0.3, -0.25) is 4.90 Å². The Balaban J connectivity index is 1.82. The Hall–Kier alpha value is -0.490. The van der Waals surface area contributed by atoms with Crippen LogP contribution in [0.2, 0.25) is 0 Å². The smallest absolute Gasteiger partial charge is 0.107 e. The molecule has 1 atom stereocenters. The molecule has 1 aliphatic rings. The number of aromatic nitrogens is 1. The maximum atomic E-state index is 5.73. The topological polar surface area (TPSA) is 37.4 Å². The Kier molecular flexibility index (Phi) is 6.17. The van der Waals surface area contributed by atoms with E-state index in [1.807, 2.05) is 0 Å². The lowest BCUT2D eigenvalue weighted by Crippen LogP contribution is -2.35. The second kappa shape index (κ2) is 7.68. The van der Waals surface area contributed by atoms with E-state index in [9.17, 15) is 0 Å². The number of nitrogens with one attached hydrogen (secondary N) is 1. The summed E-state index contributed by atoms with van der Waals surface area (Å²) in [5.74, 6) is 0. The van der Waals surface area contributed by atoms with E-state index in [0.29, 0.717) is 6.10 Å². The van der Waals surface area contributed by atoms with Gasteiger partial charge in [0, 0.05) is 37.2 Å². The molecule has 0 aromatic carbocycles. The largest absolute Gasteiger partial charge is 0.377 e. The summed E-state index contributed by atoms with van der Waals surface area (Å²) >= 11 is 1.75. The fourth-order valence-electron chi connectivity index (χ4n) is 2.45. The van der Waals surface area contributed by atoms with Gasteiger partial charge in [0.2, 0.25) is 0 Å². The van der Waals surface area contributed by atoms with E-state index < -0.39 is 0 Å². The van der Waals surface area contributed by atoms with Crippen LogP contribution in [0.4, 0.5) is 0 Å². The summed E-state index contributed by atoms with van der Waals surface area (Å²) in [4.78, 5) is 7.19. The van der Waals surface area contributed by atoms with Crippen LogP contribution in [0, 0.1) is 0 Å². The van der Waals surface area contributed by atoms with Gasteiger partial charge in [-0.15, -0.1) is 11.3 Å². The summed E-state index contributed by atoms with van der Waals surface area (Å²) in [7, 11) is 0. The molecule has 0 bridgehead atoms. The molecule has 0 spiro atoms. The Morgan fingerprint density at radius 3 is 2.90 bits per heavy atom. The zero-order valence-electron chi connectivity index (χ0n) is 13.8. The lowest BCUT2D eigenvalue weighted by molar-refractivity contribution is 0.0721. The van der Waals surface area contributed by atoms with Crippen LogP contribution in [-0.2, 0) is 17.8 Å². The van der Waals surface area contributed by atoms with E-state index in [-0.39, 0.29) is 5.54 Å². The fraction of sp³-hybridized carbons (Fsp3) is 0.812. The van der Waals surface area contributed by atoms with E-state index in [1.54, 1.807) is 11.3 Å². The van der Waals surface area contributed by atoms with Crippen molar-refractivity contribution in [3.05, 3.63) is 16.1 Å². The predicted octanol–water partition coefficient (Wildman–Crippen LogP) is 3.03. The molecule has 1 fully saturated rings. The van der Waals surface area contributed by atoms with Gasteiger partial charge < -0.3 is 10.1 Å². The number of rotatable bonds is 7. The van der Waals surface area contributed by atoms with Crippen molar-refractivity contribution >= 4 is 11.3 Å². The second-order valence-corrected chi connectivity index (χ2v) is 7.74. The Morgan fingerprint density at radius 1 is 1.48 bits per heavy atom. The van der Waals surface area contributed by atoms with Crippen molar-refractivity contribution in [2.45, 2.75) is 65.3 Å². The Labute approximate surface area is 132 Å². The van der Waals surface area contributed by atoms with Crippen molar-refractivity contribution in [3.8, 4) is 0 Å². The van der Waals surface area contributed by atoms with E-state index in [0.717, 1.165) is 32.8 Å². The van der Waals surface area contributed by atoms with E-state index in [1.165, 1.54) is 23.5 Å². The standard InChI is InChI=1S/C16H29N3OS/c1-5-19(11-14-7-6-8-20-14)10-13-12-21-15(18-13)9-17-16(2,3)4/h12,14,17H,5-11H2,1-4H3. The summed E-state index contributed by atoms with van der Waals surface area (Å²) in [5, 5.41) is 6.86. The Morgan fingerprint density at radius 2 is 2.29 bits per heavy atom. The van der Waals surface area contributed by atoms with Gasteiger partial charge in [-0.05, 0) is 40.2 Å². The monoisotopic (exact) mass is 311 g/mol. The van der Waals surface area contributed by atoms with Gasteiger partial charge in [-0.25, -0.2) is 4.98 Å². The number of thiazole rings is 1. The van der Waals surface area contributed by atoms with Gasteiger partial charge in [0.05, 0.1) is 11.8 Å². The van der Waals surface area contributed by atoms with Crippen molar-refractivity contribution in [2.75, 3.05) is 19.7 Å². The molecule has 0 aliphatic carbocycles. The highest BCUT2D eigenvalue weighted by atomic mass is 32.1. The van der Waals surface area contributed by atoms with Crippen molar-refractivity contribution in [1.82, 2.24) is 15.2 Å². The quantitative estimate of drug-likeness (QED) is 0.840. The minimum absolute atomic E-state index is 0.140. The molecule has 0 saturated carbocycles. The minimum atomic E-state index is 0.140. The fourth-order valence-corrected chi connectivity index (χ4v) is 3.18. The molecular weight excluding hydrogens is 282 g/mol. The third-order valence-electron chi connectivity index (χ3n) is 3.69. The van der Waals surface area contributed by atoms with E-state index >= 15 is 0 Å². The van der Waals surface area contributed by atoms with Gasteiger partial charge >= 0.3 is 0 Å². The molecule has 1 aliphatic heterocycles. The molecular formula is C16H29N3OS. The molecule has 0 amide bonds. The first-order chi connectivity index (χ1) is 9.96. The highest BCUT2D eigenvalue weighted by molar-refractivity contribution is 7.09. The van der Waals surface area contributed by atoms with Crippen molar-refractivity contribution in [3.63, 3.8) is 0 Å². The average Bonchev–Trinajstić information content (AvgIpc) is 3.06. The maximum absolute atomic E-state index is 5.73. The summed E-state index contributed by atoms with van der Waals surface area (Å²) in [6, 6.07) is 0. The SMILES string of the molecule is CCN(Cc1csc(CNC(C)(C)C)n1)CC1CCCO1. The molecule has 1 N–H and O–H groups in total. The molecule has 21 heavy (non-hydrogen) atoms. The maximum Gasteiger partial charge on any atom is 0.107 e.